The molecule has 2 N–H and O–H groups in total. The van der Waals surface area contributed by atoms with Crippen LogP contribution in [0.3, 0.4) is 0 Å². The van der Waals surface area contributed by atoms with Gasteiger partial charge >= 0.3 is 0 Å². The minimum Gasteiger partial charge on any atom is -0.334 e. The van der Waals surface area contributed by atoms with Crippen LogP contribution in [0, 0.1) is 0 Å². The van der Waals surface area contributed by atoms with E-state index in [4.69, 9.17) is 5.73 Å². The molecule has 1 aromatic rings. The van der Waals surface area contributed by atoms with Crippen molar-refractivity contribution in [3.05, 3.63) is 12.5 Å². The molecule has 1 aromatic heterocycles. The van der Waals surface area contributed by atoms with Gasteiger partial charge in [0.05, 0.1) is 6.33 Å². The number of imidazole rings is 1. The maximum Gasteiger partial charge on any atom is 0.262 e. The summed E-state index contributed by atoms with van der Waals surface area (Å²) in [5.74, 6) is 0. The standard InChI is InChI=1S/C12H22N4O2S/c1-9(2)15-7-12(14-8-15)19(17,18)16-5-4-11(13)6-10(16)3/h7-11H,4-6,13H2,1-3H3/t10-,11+/m1/s1. The van der Waals surface area contributed by atoms with Crippen LogP contribution >= 0.6 is 0 Å². The maximum atomic E-state index is 12.5. The van der Waals surface area contributed by atoms with Crippen LogP contribution in [0.5, 0.6) is 0 Å². The topological polar surface area (TPSA) is 81.2 Å². The molecule has 6 nitrogen and oxygen atoms in total. The monoisotopic (exact) mass is 286 g/mol. The van der Waals surface area contributed by atoms with Gasteiger partial charge in [0.2, 0.25) is 0 Å². The minimum absolute atomic E-state index is 0.0713. The zero-order valence-electron chi connectivity index (χ0n) is 11.7. The van der Waals surface area contributed by atoms with E-state index in [0.29, 0.717) is 19.4 Å². The summed E-state index contributed by atoms with van der Waals surface area (Å²) in [6.07, 6.45) is 4.57. The molecule has 2 heterocycles. The molecule has 0 amide bonds. The van der Waals surface area contributed by atoms with Gasteiger partial charge in [-0.3, -0.25) is 0 Å². The van der Waals surface area contributed by atoms with Crippen molar-refractivity contribution in [2.24, 2.45) is 5.73 Å². The molecule has 0 saturated carbocycles. The first kappa shape index (κ1) is 14.5. The van der Waals surface area contributed by atoms with Crippen molar-refractivity contribution in [3.63, 3.8) is 0 Å². The molecule has 108 valence electrons. The number of hydrogen-bond donors (Lipinski definition) is 1. The van der Waals surface area contributed by atoms with Gasteiger partial charge in [0.15, 0.2) is 5.03 Å². The largest absolute Gasteiger partial charge is 0.334 e. The van der Waals surface area contributed by atoms with Crippen LogP contribution in [0.4, 0.5) is 0 Å². The van der Waals surface area contributed by atoms with Crippen LogP contribution in [0.25, 0.3) is 0 Å². The molecule has 1 fully saturated rings. The van der Waals surface area contributed by atoms with Crippen molar-refractivity contribution in [2.45, 2.75) is 56.8 Å². The molecule has 0 aromatic carbocycles. The summed E-state index contributed by atoms with van der Waals surface area (Å²) in [4.78, 5) is 4.04. The molecule has 7 heteroatoms. The van der Waals surface area contributed by atoms with Gasteiger partial charge in [0.1, 0.15) is 0 Å². The SMILES string of the molecule is CC(C)n1cnc(S(=O)(=O)N2CC[C@H](N)C[C@H]2C)c1. The van der Waals surface area contributed by atoms with Gasteiger partial charge in [-0.05, 0) is 33.6 Å². The first-order chi connectivity index (χ1) is 8.82. The first-order valence-electron chi connectivity index (χ1n) is 6.63. The van der Waals surface area contributed by atoms with Crippen molar-refractivity contribution in [1.29, 1.82) is 0 Å². The number of aromatic nitrogens is 2. The Bertz CT molecular complexity index is 538. The minimum atomic E-state index is -3.50. The quantitative estimate of drug-likeness (QED) is 0.897. The van der Waals surface area contributed by atoms with E-state index in [1.165, 1.54) is 4.31 Å². The smallest absolute Gasteiger partial charge is 0.262 e. The van der Waals surface area contributed by atoms with E-state index in [0.717, 1.165) is 0 Å². The molecule has 2 rings (SSSR count). The molecular weight excluding hydrogens is 264 g/mol. The highest BCUT2D eigenvalue weighted by Crippen LogP contribution is 2.24. The maximum absolute atomic E-state index is 12.5. The summed E-state index contributed by atoms with van der Waals surface area (Å²) >= 11 is 0. The van der Waals surface area contributed by atoms with Crippen molar-refractivity contribution < 1.29 is 8.42 Å². The van der Waals surface area contributed by atoms with E-state index in [1.807, 2.05) is 20.8 Å². The average molecular weight is 286 g/mol. The number of nitrogens with two attached hydrogens (primary N) is 1. The molecule has 1 aliphatic rings. The predicted octanol–water partition coefficient (Wildman–Crippen LogP) is 0.964. The predicted molar refractivity (Wildman–Crippen MR) is 73.2 cm³/mol. The number of hydrogen-bond acceptors (Lipinski definition) is 4. The highest BCUT2D eigenvalue weighted by molar-refractivity contribution is 7.89. The Labute approximate surface area is 114 Å². The Hall–Kier alpha value is -0.920. The molecule has 0 unspecified atom stereocenters. The Morgan fingerprint density at radius 2 is 2.16 bits per heavy atom. The molecule has 0 aliphatic carbocycles. The second kappa shape index (κ2) is 5.22. The molecule has 0 bridgehead atoms. The lowest BCUT2D eigenvalue weighted by atomic mass is 10.0. The summed E-state index contributed by atoms with van der Waals surface area (Å²) in [7, 11) is -3.50. The second-order valence-corrected chi connectivity index (χ2v) is 7.34. The first-order valence-corrected chi connectivity index (χ1v) is 8.07. The molecule has 2 atom stereocenters. The molecule has 1 aliphatic heterocycles. The van der Waals surface area contributed by atoms with Gasteiger partial charge in [-0.2, -0.15) is 4.31 Å². The Morgan fingerprint density at radius 1 is 1.47 bits per heavy atom. The third-order valence-corrected chi connectivity index (χ3v) is 5.50. The normalized spacial score (nSPS) is 25.9. The number of piperidine rings is 1. The van der Waals surface area contributed by atoms with Crippen LogP contribution in [-0.2, 0) is 10.0 Å². The Kier molecular flexibility index (Phi) is 3.98. The van der Waals surface area contributed by atoms with Crippen LogP contribution in [0.2, 0.25) is 0 Å². The molecule has 0 radical (unpaired) electrons. The summed E-state index contributed by atoms with van der Waals surface area (Å²) in [5.41, 5.74) is 5.87. The zero-order valence-corrected chi connectivity index (χ0v) is 12.5. The zero-order chi connectivity index (χ0) is 14.2. The molecule has 0 spiro atoms. The van der Waals surface area contributed by atoms with Crippen LogP contribution in [0.15, 0.2) is 17.6 Å². The summed E-state index contributed by atoms with van der Waals surface area (Å²) < 4.78 is 28.4. The lowest BCUT2D eigenvalue weighted by Crippen LogP contribution is -2.48. The number of sulfonamides is 1. The number of rotatable bonds is 3. The average Bonchev–Trinajstić information content (AvgIpc) is 2.78. The fraction of sp³-hybridized carbons (Fsp3) is 0.750. The molecular formula is C12H22N4O2S. The van der Waals surface area contributed by atoms with Gasteiger partial charge in [-0.15, -0.1) is 0 Å². The van der Waals surface area contributed by atoms with Gasteiger partial charge in [0, 0.05) is 30.9 Å². The molecule has 19 heavy (non-hydrogen) atoms. The number of nitrogens with zero attached hydrogens (tertiary/aromatic N) is 3. The van der Waals surface area contributed by atoms with Gasteiger partial charge in [-0.25, -0.2) is 13.4 Å². The Balaban J connectivity index is 2.26. The van der Waals surface area contributed by atoms with Crippen molar-refractivity contribution in [2.75, 3.05) is 6.54 Å². The van der Waals surface area contributed by atoms with E-state index in [2.05, 4.69) is 4.98 Å². The van der Waals surface area contributed by atoms with E-state index >= 15 is 0 Å². The second-order valence-electron chi connectivity index (χ2n) is 5.50. The summed E-state index contributed by atoms with van der Waals surface area (Å²) in [6.45, 7) is 6.34. The fourth-order valence-electron chi connectivity index (χ4n) is 2.40. The summed E-state index contributed by atoms with van der Waals surface area (Å²) in [6, 6.07) is 0.219. The summed E-state index contributed by atoms with van der Waals surface area (Å²) in [5, 5.41) is 0.128. The lowest BCUT2D eigenvalue weighted by Gasteiger charge is -2.34. The highest BCUT2D eigenvalue weighted by atomic mass is 32.2. The van der Waals surface area contributed by atoms with E-state index in [1.54, 1.807) is 17.1 Å². The van der Waals surface area contributed by atoms with Crippen molar-refractivity contribution in [3.8, 4) is 0 Å². The van der Waals surface area contributed by atoms with Crippen LogP contribution in [-0.4, -0.2) is 40.9 Å². The van der Waals surface area contributed by atoms with Crippen molar-refractivity contribution in [1.82, 2.24) is 13.9 Å². The van der Waals surface area contributed by atoms with E-state index < -0.39 is 10.0 Å². The van der Waals surface area contributed by atoms with E-state index in [-0.39, 0.29) is 23.2 Å². The van der Waals surface area contributed by atoms with Gasteiger partial charge in [0.25, 0.3) is 10.0 Å². The lowest BCUT2D eigenvalue weighted by molar-refractivity contribution is 0.246. The third-order valence-electron chi connectivity index (χ3n) is 3.60. The Morgan fingerprint density at radius 3 is 2.68 bits per heavy atom. The van der Waals surface area contributed by atoms with Gasteiger partial charge < -0.3 is 10.3 Å². The highest BCUT2D eigenvalue weighted by Gasteiger charge is 2.34. The van der Waals surface area contributed by atoms with Crippen molar-refractivity contribution >= 4 is 10.0 Å². The van der Waals surface area contributed by atoms with Crippen LogP contribution < -0.4 is 5.73 Å². The van der Waals surface area contributed by atoms with Gasteiger partial charge in [-0.1, -0.05) is 0 Å². The van der Waals surface area contributed by atoms with Crippen LogP contribution in [0.1, 0.15) is 39.7 Å². The third kappa shape index (κ3) is 2.82. The molecule has 1 saturated heterocycles. The fourth-order valence-corrected chi connectivity index (χ4v) is 3.98. The van der Waals surface area contributed by atoms with E-state index in [9.17, 15) is 8.42 Å².